The van der Waals surface area contributed by atoms with E-state index in [1.165, 1.54) is 11.8 Å². The second-order valence-electron chi connectivity index (χ2n) is 8.81. The Morgan fingerprint density at radius 3 is 2.64 bits per heavy atom. The maximum absolute atomic E-state index is 13.3. The van der Waals surface area contributed by atoms with Gasteiger partial charge in [0, 0.05) is 32.0 Å². The quantitative estimate of drug-likeness (QED) is 0.474. The Hall–Kier alpha value is -3.60. The van der Waals surface area contributed by atoms with Gasteiger partial charge in [-0.3, -0.25) is 9.69 Å². The van der Waals surface area contributed by atoms with Crippen molar-refractivity contribution in [3.8, 4) is 11.5 Å². The lowest BCUT2D eigenvalue weighted by Crippen LogP contribution is -2.52. The summed E-state index contributed by atoms with van der Waals surface area (Å²) in [4.78, 5) is 32.7. The first-order valence-corrected chi connectivity index (χ1v) is 12.6. The summed E-state index contributed by atoms with van der Waals surface area (Å²) in [7, 11) is 1.64. The molecule has 9 nitrogen and oxygen atoms in total. The Kier molecular flexibility index (Phi) is 6.00. The second kappa shape index (κ2) is 9.45. The van der Waals surface area contributed by atoms with Crippen molar-refractivity contribution in [2.45, 2.75) is 28.5 Å². The first-order valence-electron chi connectivity index (χ1n) is 11.8. The summed E-state index contributed by atoms with van der Waals surface area (Å²) >= 11 is 1.38. The molecule has 0 spiro atoms. The highest BCUT2D eigenvalue weighted by Gasteiger charge is 2.47. The number of amides is 3. The number of thioether (sulfide) groups is 1. The minimum absolute atomic E-state index is 0.0818. The van der Waals surface area contributed by atoms with Crippen molar-refractivity contribution >= 4 is 35.1 Å². The molecular formula is C26H25N5O4S. The Morgan fingerprint density at radius 2 is 1.86 bits per heavy atom. The molecule has 2 aromatic carbocycles. The summed E-state index contributed by atoms with van der Waals surface area (Å²) in [6, 6.07) is 17.8. The van der Waals surface area contributed by atoms with Crippen LogP contribution in [0.4, 0.5) is 16.2 Å². The molecule has 0 bridgehead atoms. The second-order valence-corrected chi connectivity index (χ2v) is 9.94. The Labute approximate surface area is 212 Å². The van der Waals surface area contributed by atoms with E-state index in [-0.39, 0.29) is 24.1 Å². The molecule has 0 saturated carbocycles. The highest BCUT2D eigenvalue weighted by molar-refractivity contribution is 8.01. The van der Waals surface area contributed by atoms with Gasteiger partial charge in [-0.1, -0.05) is 30.0 Å². The van der Waals surface area contributed by atoms with Crippen LogP contribution in [-0.4, -0.2) is 54.5 Å². The van der Waals surface area contributed by atoms with Crippen molar-refractivity contribution in [2.75, 3.05) is 25.1 Å². The normalized spacial score (nSPS) is 24.2. The van der Waals surface area contributed by atoms with Crippen molar-refractivity contribution in [1.82, 2.24) is 20.9 Å². The van der Waals surface area contributed by atoms with E-state index in [1.54, 1.807) is 18.2 Å². The highest BCUT2D eigenvalue weighted by atomic mass is 32.2. The van der Waals surface area contributed by atoms with Crippen LogP contribution in [0.1, 0.15) is 11.6 Å². The largest absolute Gasteiger partial charge is 0.457 e. The molecular weight excluding hydrogens is 478 g/mol. The lowest BCUT2D eigenvalue weighted by Gasteiger charge is -2.34. The summed E-state index contributed by atoms with van der Waals surface area (Å²) in [6.07, 6.45) is 1.60. The average molecular weight is 504 g/mol. The highest BCUT2D eigenvalue weighted by Crippen LogP contribution is 2.50. The molecule has 3 aromatic rings. The van der Waals surface area contributed by atoms with Gasteiger partial charge < -0.3 is 25.4 Å². The number of nitrogens with one attached hydrogen (secondary N) is 3. The molecule has 2 unspecified atom stereocenters. The first kappa shape index (κ1) is 22.8. The van der Waals surface area contributed by atoms with E-state index < -0.39 is 11.3 Å². The zero-order chi connectivity index (χ0) is 24.6. The fraction of sp³-hybridized carbons (Fsp3) is 0.269. The molecule has 1 saturated heterocycles. The minimum Gasteiger partial charge on any atom is -0.457 e. The van der Waals surface area contributed by atoms with E-state index in [1.807, 2.05) is 60.7 Å². The number of hydrogen-bond acceptors (Lipinski definition) is 7. The smallest absolute Gasteiger partial charge is 0.327 e. The third kappa shape index (κ3) is 4.06. The van der Waals surface area contributed by atoms with Gasteiger partial charge in [0.1, 0.15) is 21.8 Å². The van der Waals surface area contributed by atoms with E-state index in [4.69, 9.17) is 9.47 Å². The number of aromatic nitrogens is 1. The first-order chi connectivity index (χ1) is 17.6. The summed E-state index contributed by atoms with van der Waals surface area (Å²) in [5.74, 6) is 1.27. The predicted octanol–water partition coefficient (Wildman–Crippen LogP) is 3.35. The van der Waals surface area contributed by atoms with E-state index in [0.717, 1.165) is 22.0 Å². The zero-order valence-corrected chi connectivity index (χ0v) is 20.3. The number of hydrogen-bond donors (Lipinski definition) is 3. The SMILES string of the molecule is CO[C@H]1CNC[C@@H]1NC(=O)C1Sc2nccc3c2C1NC(=O)N3c1ccc(Oc2ccccc2)cc1. The van der Waals surface area contributed by atoms with Crippen molar-refractivity contribution < 1.29 is 19.1 Å². The Morgan fingerprint density at radius 1 is 1.08 bits per heavy atom. The van der Waals surface area contributed by atoms with Crippen LogP contribution in [0.2, 0.25) is 0 Å². The van der Waals surface area contributed by atoms with E-state index in [2.05, 4.69) is 20.9 Å². The molecule has 1 aromatic heterocycles. The molecule has 184 valence electrons. The topological polar surface area (TPSA) is 105 Å². The third-order valence-electron chi connectivity index (χ3n) is 6.63. The molecule has 10 heteroatoms. The average Bonchev–Trinajstić information content (AvgIpc) is 3.50. The van der Waals surface area contributed by atoms with Gasteiger partial charge in [-0.25, -0.2) is 9.78 Å². The molecule has 3 N–H and O–H groups in total. The molecule has 1 fully saturated rings. The van der Waals surface area contributed by atoms with Gasteiger partial charge >= 0.3 is 6.03 Å². The molecule has 0 aliphatic carbocycles. The maximum atomic E-state index is 13.3. The van der Waals surface area contributed by atoms with Crippen molar-refractivity contribution in [1.29, 1.82) is 0 Å². The molecule has 3 aliphatic heterocycles. The van der Waals surface area contributed by atoms with Gasteiger partial charge in [0.05, 0.1) is 29.6 Å². The summed E-state index contributed by atoms with van der Waals surface area (Å²) in [5, 5.41) is 9.61. The Balaban J connectivity index is 1.24. The number of anilines is 2. The number of carbonyl (C=O) groups excluding carboxylic acids is 2. The molecule has 6 rings (SSSR count). The number of carbonyl (C=O) groups is 2. The van der Waals surface area contributed by atoms with E-state index >= 15 is 0 Å². The van der Waals surface area contributed by atoms with Crippen LogP contribution >= 0.6 is 11.8 Å². The van der Waals surface area contributed by atoms with Gasteiger partial charge in [-0.15, -0.1) is 0 Å². The fourth-order valence-corrected chi connectivity index (χ4v) is 6.12. The molecule has 0 radical (unpaired) electrons. The van der Waals surface area contributed by atoms with Gasteiger partial charge in [-0.05, 0) is 42.5 Å². The molecule has 4 heterocycles. The maximum Gasteiger partial charge on any atom is 0.327 e. The van der Waals surface area contributed by atoms with E-state index in [9.17, 15) is 9.59 Å². The molecule has 3 amide bonds. The van der Waals surface area contributed by atoms with Crippen LogP contribution < -0.4 is 25.6 Å². The third-order valence-corrected chi connectivity index (χ3v) is 7.92. The van der Waals surface area contributed by atoms with Crippen molar-refractivity contribution in [3.63, 3.8) is 0 Å². The van der Waals surface area contributed by atoms with Gasteiger partial charge in [0.25, 0.3) is 0 Å². The number of methoxy groups -OCH3 is 1. The van der Waals surface area contributed by atoms with Crippen LogP contribution in [0.3, 0.4) is 0 Å². The minimum atomic E-state index is -0.514. The van der Waals surface area contributed by atoms with Gasteiger partial charge in [0.2, 0.25) is 5.91 Å². The van der Waals surface area contributed by atoms with E-state index in [0.29, 0.717) is 24.5 Å². The number of para-hydroxylation sites is 1. The number of rotatable bonds is 6. The van der Waals surface area contributed by atoms with Crippen LogP contribution in [0.15, 0.2) is 71.9 Å². The van der Waals surface area contributed by atoms with Crippen LogP contribution in [0, 0.1) is 0 Å². The summed E-state index contributed by atoms with van der Waals surface area (Å²) < 4.78 is 11.4. The number of nitrogens with zero attached hydrogens (tertiary/aromatic N) is 2. The lowest BCUT2D eigenvalue weighted by atomic mass is 9.99. The molecule has 3 aliphatic rings. The number of benzene rings is 2. The van der Waals surface area contributed by atoms with Gasteiger partial charge in [-0.2, -0.15) is 0 Å². The number of urea groups is 1. The number of ether oxygens (including phenoxy) is 2. The zero-order valence-electron chi connectivity index (χ0n) is 19.5. The van der Waals surface area contributed by atoms with Gasteiger partial charge in [0.15, 0.2) is 0 Å². The fourth-order valence-electron chi connectivity index (χ4n) is 4.88. The summed E-state index contributed by atoms with van der Waals surface area (Å²) in [6.45, 7) is 1.34. The van der Waals surface area contributed by atoms with Crippen molar-refractivity contribution in [2.24, 2.45) is 0 Å². The van der Waals surface area contributed by atoms with Crippen molar-refractivity contribution in [3.05, 3.63) is 72.4 Å². The van der Waals surface area contributed by atoms with Crippen LogP contribution in [0.5, 0.6) is 11.5 Å². The lowest BCUT2D eigenvalue weighted by molar-refractivity contribution is -0.122. The standard InChI is InChI=1S/C26H25N5O4S/c1-34-20-14-27-13-18(20)29-24(32)23-22-21-19(11-12-28-25(21)36-23)31(26(33)30-22)15-7-9-17(10-8-15)35-16-5-3-2-4-6-16/h2-12,18,20,22-23,27H,13-14H2,1H3,(H,29,32)(H,30,33)/t18-,20-,22?,23?/m0/s1. The summed E-state index contributed by atoms with van der Waals surface area (Å²) in [5.41, 5.74) is 2.28. The van der Waals surface area contributed by atoms with Crippen LogP contribution in [-0.2, 0) is 9.53 Å². The monoisotopic (exact) mass is 503 g/mol. The predicted molar refractivity (Wildman–Crippen MR) is 136 cm³/mol. The molecule has 4 atom stereocenters. The molecule has 36 heavy (non-hydrogen) atoms. The number of pyridine rings is 1. The Bertz CT molecular complexity index is 1290. The van der Waals surface area contributed by atoms with Crippen LogP contribution in [0.25, 0.3) is 0 Å².